The summed E-state index contributed by atoms with van der Waals surface area (Å²) in [6, 6.07) is 4.21. The molecule has 0 aliphatic carbocycles. The van der Waals surface area contributed by atoms with Crippen LogP contribution in [0.5, 0.6) is 0 Å². The highest BCUT2D eigenvalue weighted by Gasteiger charge is 2.26. The predicted molar refractivity (Wildman–Crippen MR) is 95.9 cm³/mol. The number of hydrogen-bond acceptors (Lipinski definition) is 4. The van der Waals surface area contributed by atoms with Gasteiger partial charge in [-0.05, 0) is 37.1 Å². The van der Waals surface area contributed by atoms with Gasteiger partial charge in [-0.3, -0.25) is 9.59 Å². The normalized spacial score (nSPS) is 17.4. The third-order valence-electron chi connectivity index (χ3n) is 4.02. The maximum atomic E-state index is 12.5. The maximum absolute atomic E-state index is 12.5. The summed E-state index contributed by atoms with van der Waals surface area (Å²) in [6.45, 7) is 1.71. The van der Waals surface area contributed by atoms with E-state index in [2.05, 4.69) is 11.4 Å². The molecule has 5 nitrogen and oxygen atoms in total. The lowest BCUT2D eigenvalue weighted by Gasteiger charge is -2.36. The molecule has 0 radical (unpaired) electrons. The lowest BCUT2D eigenvalue weighted by molar-refractivity contribution is -0.135. The van der Waals surface area contributed by atoms with Crippen LogP contribution < -0.4 is 11.1 Å². The molecule has 1 saturated heterocycles. The van der Waals surface area contributed by atoms with E-state index < -0.39 is 0 Å². The van der Waals surface area contributed by atoms with Crippen LogP contribution in [0, 0.1) is 0 Å². The quantitative estimate of drug-likeness (QED) is 0.781. The van der Waals surface area contributed by atoms with Crippen molar-refractivity contribution in [2.75, 3.05) is 19.6 Å². The Balaban J connectivity index is 0.00000264. The van der Waals surface area contributed by atoms with Crippen LogP contribution in [0.25, 0.3) is 0 Å². The number of hydrogen-bond donors (Lipinski definition) is 2. The zero-order chi connectivity index (χ0) is 15.8. The van der Waals surface area contributed by atoms with Gasteiger partial charge in [0.2, 0.25) is 11.8 Å². The Morgan fingerprint density at radius 2 is 2.17 bits per heavy atom. The molecule has 0 aromatic carbocycles. The SMILES string of the molecule is Cl.NCCC(=O)NCC1CCCCN1C(=O)CCc1cccs1. The smallest absolute Gasteiger partial charge is 0.223 e. The highest BCUT2D eigenvalue weighted by atomic mass is 35.5. The van der Waals surface area contributed by atoms with E-state index in [1.54, 1.807) is 11.3 Å². The van der Waals surface area contributed by atoms with E-state index in [0.29, 0.717) is 25.9 Å². The number of likely N-dealkylation sites (tertiary alicyclic amines) is 1. The molecule has 2 amide bonds. The molecule has 1 fully saturated rings. The highest BCUT2D eigenvalue weighted by molar-refractivity contribution is 7.09. The Morgan fingerprint density at radius 3 is 2.87 bits per heavy atom. The number of nitrogens with one attached hydrogen (secondary N) is 1. The predicted octanol–water partition coefficient (Wildman–Crippen LogP) is 1.95. The van der Waals surface area contributed by atoms with Crippen LogP contribution in [0.1, 0.15) is 37.0 Å². The van der Waals surface area contributed by atoms with E-state index in [4.69, 9.17) is 5.73 Å². The summed E-state index contributed by atoms with van der Waals surface area (Å²) >= 11 is 1.69. The van der Waals surface area contributed by atoms with Crippen molar-refractivity contribution in [2.24, 2.45) is 5.73 Å². The summed E-state index contributed by atoms with van der Waals surface area (Å²) in [7, 11) is 0. The highest BCUT2D eigenvalue weighted by Crippen LogP contribution is 2.19. The van der Waals surface area contributed by atoms with Crippen molar-refractivity contribution < 1.29 is 9.59 Å². The summed E-state index contributed by atoms with van der Waals surface area (Å²) < 4.78 is 0. The molecule has 2 heterocycles. The van der Waals surface area contributed by atoms with Gasteiger partial charge in [-0.2, -0.15) is 0 Å². The van der Waals surface area contributed by atoms with Crippen LogP contribution in [-0.4, -0.2) is 42.4 Å². The Morgan fingerprint density at radius 1 is 1.35 bits per heavy atom. The van der Waals surface area contributed by atoms with E-state index in [9.17, 15) is 9.59 Å². The monoisotopic (exact) mass is 359 g/mol. The van der Waals surface area contributed by atoms with Gasteiger partial charge in [-0.1, -0.05) is 6.07 Å². The third-order valence-corrected chi connectivity index (χ3v) is 4.96. The number of carbonyl (C=O) groups excluding carboxylic acids is 2. The van der Waals surface area contributed by atoms with E-state index in [1.165, 1.54) is 4.88 Å². The molecule has 1 atom stereocenters. The minimum atomic E-state index is -0.0286. The van der Waals surface area contributed by atoms with Crippen LogP contribution in [0.15, 0.2) is 17.5 Å². The van der Waals surface area contributed by atoms with Gasteiger partial charge >= 0.3 is 0 Å². The van der Waals surface area contributed by atoms with Crippen molar-refractivity contribution in [1.82, 2.24) is 10.2 Å². The van der Waals surface area contributed by atoms with Gasteiger partial charge in [-0.15, -0.1) is 23.7 Å². The fourth-order valence-electron chi connectivity index (χ4n) is 2.82. The topological polar surface area (TPSA) is 75.4 Å². The lowest BCUT2D eigenvalue weighted by atomic mass is 10.0. The maximum Gasteiger partial charge on any atom is 0.223 e. The van der Waals surface area contributed by atoms with Gasteiger partial charge in [0.05, 0.1) is 0 Å². The molecule has 1 aromatic rings. The molecule has 0 bridgehead atoms. The van der Waals surface area contributed by atoms with Crippen molar-refractivity contribution in [2.45, 2.75) is 44.6 Å². The Bertz CT molecular complexity index is 482. The van der Waals surface area contributed by atoms with Crippen molar-refractivity contribution in [3.63, 3.8) is 0 Å². The zero-order valence-electron chi connectivity index (χ0n) is 13.3. The lowest BCUT2D eigenvalue weighted by Crippen LogP contribution is -2.49. The van der Waals surface area contributed by atoms with E-state index >= 15 is 0 Å². The van der Waals surface area contributed by atoms with Crippen LogP contribution in [-0.2, 0) is 16.0 Å². The van der Waals surface area contributed by atoms with Gasteiger partial charge in [0.25, 0.3) is 0 Å². The molecule has 1 aliphatic rings. The average Bonchev–Trinajstić information content (AvgIpc) is 3.04. The van der Waals surface area contributed by atoms with Crippen molar-refractivity contribution in [3.8, 4) is 0 Å². The molecule has 0 spiro atoms. The van der Waals surface area contributed by atoms with Gasteiger partial charge < -0.3 is 16.0 Å². The summed E-state index contributed by atoms with van der Waals surface area (Å²) in [6.07, 6.45) is 4.84. The molecule has 1 aliphatic heterocycles. The van der Waals surface area contributed by atoms with Gasteiger partial charge in [0.1, 0.15) is 0 Å². The first kappa shape index (κ1) is 19.9. The summed E-state index contributed by atoms with van der Waals surface area (Å²) in [5.41, 5.74) is 5.38. The zero-order valence-corrected chi connectivity index (χ0v) is 15.0. The standard InChI is InChI=1S/C16H25N3O2S.ClH/c17-9-8-15(20)18-12-13-4-1-2-10-19(13)16(21)7-6-14-5-3-11-22-14;/h3,5,11,13H,1-2,4,6-10,12,17H2,(H,18,20);1H. The third kappa shape index (κ3) is 6.49. The summed E-state index contributed by atoms with van der Waals surface area (Å²) in [4.78, 5) is 27.2. The summed E-state index contributed by atoms with van der Waals surface area (Å²) in [5, 5.41) is 4.94. The van der Waals surface area contributed by atoms with E-state index in [0.717, 1.165) is 32.2 Å². The van der Waals surface area contributed by atoms with Crippen molar-refractivity contribution in [3.05, 3.63) is 22.4 Å². The minimum absolute atomic E-state index is 0. The average molecular weight is 360 g/mol. The molecule has 2 rings (SSSR count). The van der Waals surface area contributed by atoms with Crippen LogP contribution in [0.3, 0.4) is 0 Å². The second kappa shape index (κ2) is 10.6. The number of carbonyl (C=O) groups is 2. The Hall–Kier alpha value is -1.11. The number of thiophene rings is 1. The van der Waals surface area contributed by atoms with Gasteiger partial charge in [-0.25, -0.2) is 0 Å². The number of piperidine rings is 1. The van der Waals surface area contributed by atoms with Crippen LogP contribution in [0.4, 0.5) is 0 Å². The Labute approximate surface area is 148 Å². The van der Waals surface area contributed by atoms with Gasteiger partial charge in [0.15, 0.2) is 0 Å². The second-order valence-electron chi connectivity index (χ2n) is 5.66. The first-order valence-electron chi connectivity index (χ1n) is 7.99. The van der Waals surface area contributed by atoms with Crippen LogP contribution >= 0.6 is 23.7 Å². The summed E-state index contributed by atoms with van der Waals surface area (Å²) in [5.74, 6) is 0.172. The first-order chi connectivity index (χ1) is 10.7. The number of nitrogens with two attached hydrogens (primary N) is 1. The molecular weight excluding hydrogens is 334 g/mol. The number of nitrogens with zero attached hydrogens (tertiary/aromatic N) is 1. The number of amides is 2. The van der Waals surface area contributed by atoms with E-state index in [1.807, 2.05) is 16.3 Å². The first-order valence-corrected chi connectivity index (χ1v) is 8.87. The molecule has 7 heteroatoms. The molecular formula is C16H26ClN3O2S. The molecule has 0 saturated carbocycles. The molecule has 1 unspecified atom stereocenters. The largest absolute Gasteiger partial charge is 0.354 e. The number of aryl methyl sites for hydroxylation is 1. The van der Waals surface area contributed by atoms with E-state index in [-0.39, 0.29) is 30.3 Å². The van der Waals surface area contributed by atoms with Crippen molar-refractivity contribution >= 4 is 35.6 Å². The fraction of sp³-hybridized carbons (Fsp3) is 0.625. The minimum Gasteiger partial charge on any atom is -0.354 e. The van der Waals surface area contributed by atoms with Crippen LogP contribution in [0.2, 0.25) is 0 Å². The number of halogens is 1. The van der Waals surface area contributed by atoms with Gasteiger partial charge in [0, 0.05) is 43.4 Å². The Kier molecular flexibility index (Phi) is 9.21. The molecule has 23 heavy (non-hydrogen) atoms. The molecule has 1 aromatic heterocycles. The fourth-order valence-corrected chi connectivity index (χ4v) is 3.53. The molecule has 3 N–H and O–H groups in total. The second-order valence-corrected chi connectivity index (χ2v) is 6.69. The van der Waals surface area contributed by atoms with Crippen molar-refractivity contribution in [1.29, 1.82) is 0 Å². The number of rotatable bonds is 7. The molecule has 130 valence electrons.